The number of benzene rings is 3. The number of anilines is 2. The molecule has 1 aliphatic carbocycles. The van der Waals surface area contributed by atoms with Gasteiger partial charge < -0.3 is 10.1 Å². The van der Waals surface area contributed by atoms with Crippen LogP contribution in [0, 0.1) is 5.41 Å². The van der Waals surface area contributed by atoms with Crippen molar-refractivity contribution in [3.05, 3.63) is 107 Å². The summed E-state index contributed by atoms with van der Waals surface area (Å²) in [6, 6.07) is 20.6. The Labute approximate surface area is 408 Å². The molecule has 0 radical (unpaired) electrons. The Morgan fingerprint density at radius 1 is 0.956 bits per heavy atom. The standard InChI is InChI=1S/C49H61ClF3N7O5S3/c1-34-27-39(17-21-59(34)30-36-15-19-48(2,3)29-43(36)35-9-11-37(50)12-10-35)60-22-18-42-45(31-60)54-33-55-47(42)57-68(63,64)41-13-14-44(46(28-41)67(61,62)49(51,52)53)56-38(16-20-58-23-25-65-26-24-58)32-66-40-7-5-4-6-8-40/h4-14,28,33-34,38-39,56H,15-27,29-32H2,1-3H3,(H,54,55,57)/t34-,38+,39-/m0/s1. The molecular weight excluding hydrogens is 955 g/mol. The molecule has 4 aromatic rings. The van der Waals surface area contributed by atoms with Crippen molar-refractivity contribution in [2.24, 2.45) is 5.41 Å². The number of rotatable bonds is 16. The Kier molecular flexibility index (Phi) is 15.9. The molecule has 3 aliphatic heterocycles. The quantitative estimate of drug-likeness (QED) is 0.104. The maximum absolute atomic E-state index is 14.3. The number of aromatic nitrogens is 2. The fraction of sp³-hybridized carbons (Fsp3) is 0.510. The van der Waals surface area contributed by atoms with Gasteiger partial charge in [0.15, 0.2) is 0 Å². The van der Waals surface area contributed by atoms with Crippen molar-refractivity contribution in [2.45, 2.75) is 111 Å². The van der Waals surface area contributed by atoms with Gasteiger partial charge in [0.1, 0.15) is 17.0 Å². The molecule has 0 spiro atoms. The lowest BCUT2D eigenvalue weighted by Gasteiger charge is -2.44. The van der Waals surface area contributed by atoms with E-state index in [-0.39, 0.29) is 23.0 Å². The number of nitrogens with one attached hydrogen (secondary N) is 2. The van der Waals surface area contributed by atoms with Gasteiger partial charge in [0.2, 0.25) is 0 Å². The van der Waals surface area contributed by atoms with Crippen LogP contribution in [0.2, 0.25) is 5.02 Å². The highest BCUT2D eigenvalue weighted by atomic mass is 35.5. The van der Waals surface area contributed by atoms with Crippen LogP contribution in [0.25, 0.3) is 5.57 Å². The number of sulfonamides is 1. The van der Waals surface area contributed by atoms with E-state index in [0.717, 1.165) is 67.2 Å². The van der Waals surface area contributed by atoms with Crippen molar-refractivity contribution in [3.8, 4) is 0 Å². The minimum atomic E-state index is -6.01. The van der Waals surface area contributed by atoms with E-state index in [4.69, 9.17) is 16.3 Å². The molecule has 1 aromatic heterocycles. The van der Waals surface area contributed by atoms with E-state index in [9.17, 15) is 30.0 Å². The molecule has 19 heteroatoms. The Morgan fingerprint density at radius 2 is 1.71 bits per heavy atom. The van der Waals surface area contributed by atoms with Gasteiger partial charge in [0, 0.05) is 85.2 Å². The van der Waals surface area contributed by atoms with Gasteiger partial charge in [0.25, 0.3) is 19.9 Å². The molecule has 3 aromatic carbocycles. The van der Waals surface area contributed by atoms with Crippen LogP contribution in [0.3, 0.4) is 0 Å². The second kappa shape index (κ2) is 21.3. The van der Waals surface area contributed by atoms with Crippen molar-refractivity contribution < 1.29 is 34.7 Å². The molecule has 2 fully saturated rings. The highest BCUT2D eigenvalue weighted by molar-refractivity contribution is 7.99. The molecule has 12 nitrogen and oxygen atoms in total. The predicted molar refractivity (Wildman–Crippen MR) is 263 cm³/mol. The van der Waals surface area contributed by atoms with Crippen LogP contribution in [0.15, 0.2) is 99.4 Å². The number of morpholine rings is 1. The molecule has 3 atom stereocenters. The first-order valence-electron chi connectivity index (χ1n) is 23.4. The largest absolute Gasteiger partial charge is 0.501 e. The number of allylic oxidation sites excluding steroid dienone is 1. The fourth-order valence-electron chi connectivity index (χ4n) is 9.86. The molecule has 368 valence electrons. The third kappa shape index (κ3) is 12.2. The third-order valence-corrected chi connectivity index (χ3v) is 18.1. The minimum Gasteiger partial charge on any atom is -0.380 e. The van der Waals surface area contributed by atoms with Crippen molar-refractivity contribution in [1.82, 2.24) is 24.7 Å². The molecule has 0 bridgehead atoms. The Bertz CT molecular complexity index is 2650. The summed E-state index contributed by atoms with van der Waals surface area (Å²) in [6.45, 7) is 13.1. The minimum absolute atomic E-state index is 0.0156. The number of fused-ring (bicyclic) bond motifs is 1. The van der Waals surface area contributed by atoms with Gasteiger partial charge in [-0.25, -0.2) is 26.8 Å². The molecule has 2 N–H and O–H groups in total. The predicted octanol–water partition coefficient (Wildman–Crippen LogP) is 9.39. The van der Waals surface area contributed by atoms with E-state index in [1.165, 1.54) is 34.8 Å². The average Bonchev–Trinajstić information content (AvgIpc) is 3.31. The van der Waals surface area contributed by atoms with Crippen LogP contribution in [-0.2, 0) is 37.6 Å². The molecule has 2 saturated heterocycles. The van der Waals surface area contributed by atoms with E-state index < -0.39 is 41.2 Å². The lowest BCUT2D eigenvalue weighted by molar-refractivity contribution is -0.0435. The summed E-state index contributed by atoms with van der Waals surface area (Å²) in [5, 5.41) is 3.80. The third-order valence-electron chi connectivity index (χ3n) is 13.9. The topological polar surface area (TPSA) is 137 Å². The molecule has 0 saturated carbocycles. The van der Waals surface area contributed by atoms with Gasteiger partial charge >= 0.3 is 5.51 Å². The fourth-order valence-corrected chi connectivity index (χ4v) is 13.1. The zero-order valence-electron chi connectivity index (χ0n) is 38.8. The van der Waals surface area contributed by atoms with Crippen LogP contribution >= 0.6 is 23.4 Å². The van der Waals surface area contributed by atoms with Gasteiger partial charge in [-0.15, -0.1) is 11.8 Å². The Balaban J connectivity index is 0.961. The number of ether oxygens (including phenoxy) is 1. The van der Waals surface area contributed by atoms with Crippen LogP contribution < -0.4 is 10.0 Å². The number of halogens is 4. The van der Waals surface area contributed by atoms with Gasteiger partial charge in [-0.3, -0.25) is 19.4 Å². The lowest BCUT2D eigenvalue weighted by atomic mass is 9.72. The summed E-state index contributed by atoms with van der Waals surface area (Å²) in [6.07, 6.45) is 7.36. The number of piperidine rings is 1. The van der Waals surface area contributed by atoms with E-state index in [2.05, 4.69) is 67.6 Å². The maximum Gasteiger partial charge on any atom is 0.501 e. The smallest absolute Gasteiger partial charge is 0.380 e. The molecular formula is C49H61ClF3N7O5S3. The average molecular weight is 1020 g/mol. The summed E-state index contributed by atoms with van der Waals surface area (Å²) in [5.41, 5.74) is -0.364. The van der Waals surface area contributed by atoms with Crippen LogP contribution in [-0.4, -0.2) is 123 Å². The number of nitrogens with zero attached hydrogens (tertiary/aromatic N) is 5. The van der Waals surface area contributed by atoms with Crippen molar-refractivity contribution >= 4 is 60.3 Å². The maximum atomic E-state index is 14.3. The van der Waals surface area contributed by atoms with E-state index in [1.807, 2.05) is 42.5 Å². The Hall–Kier alpha value is -3.75. The summed E-state index contributed by atoms with van der Waals surface area (Å²) >= 11 is 7.73. The van der Waals surface area contributed by atoms with Crippen LogP contribution in [0.5, 0.6) is 0 Å². The molecule has 0 unspecified atom stereocenters. The van der Waals surface area contributed by atoms with Crippen LogP contribution in [0.4, 0.5) is 24.7 Å². The molecule has 68 heavy (non-hydrogen) atoms. The zero-order valence-corrected chi connectivity index (χ0v) is 42.0. The molecule has 8 rings (SSSR count). The number of hydrogen-bond acceptors (Lipinski definition) is 12. The van der Waals surface area contributed by atoms with E-state index in [0.29, 0.717) is 87.9 Å². The van der Waals surface area contributed by atoms with Crippen molar-refractivity contribution in [3.63, 3.8) is 0 Å². The monoisotopic (exact) mass is 1020 g/mol. The normalized spacial score (nSPS) is 21.6. The van der Waals surface area contributed by atoms with E-state index in [1.54, 1.807) is 0 Å². The highest BCUT2D eigenvalue weighted by Crippen LogP contribution is 2.44. The summed E-state index contributed by atoms with van der Waals surface area (Å²) in [4.78, 5) is 15.1. The van der Waals surface area contributed by atoms with Gasteiger partial charge in [-0.2, -0.15) is 13.2 Å². The second-order valence-corrected chi connectivity index (χ2v) is 24.3. The van der Waals surface area contributed by atoms with E-state index >= 15 is 0 Å². The number of hydrogen-bond donors (Lipinski definition) is 2. The molecule has 4 heterocycles. The highest BCUT2D eigenvalue weighted by Gasteiger charge is 2.48. The summed E-state index contributed by atoms with van der Waals surface area (Å²) in [5.74, 6) is 0.418. The van der Waals surface area contributed by atoms with Crippen molar-refractivity contribution in [1.29, 1.82) is 0 Å². The first-order valence-corrected chi connectivity index (χ1v) is 27.7. The molecule has 4 aliphatic rings. The van der Waals surface area contributed by atoms with Crippen LogP contribution in [0.1, 0.15) is 76.1 Å². The van der Waals surface area contributed by atoms with Gasteiger partial charge in [0.05, 0.1) is 29.5 Å². The zero-order chi connectivity index (χ0) is 48.3. The second-order valence-electron chi connectivity index (χ2n) is 19.2. The first-order chi connectivity index (χ1) is 32.3. The number of alkyl halides is 3. The summed E-state index contributed by atoms with van der Waals surface area (Å²) < 4.78 is 105. The van der Waals surface area contributed by atoms with Gasteiger partial charge in [-0.05, 0) is 111 Å². The number of sulfone groups is 1. The molecule has 0 amide bonds. The SMILES string of the molecule is C[C@H]1C[C@@H](N2CCc3c(ncnc3NS(=O)(=O)c3ccc(N[C@H](CCN4CCOCC4)CSc4ccccc4)c(S(=O)(=O)C(F)(F)F)c3)C2)CCN1CC1=C(c2ccc(Cl)cc2)CC(C)(C)CC1. The lowest BCUT2D eigenvalue weighted by Crippen LogP contribution is -2.50. The number of likely N-dealkylation sites (tertiary alicyclic amines) is 1. The van der Waals surface area contributed by atoms with Gasteiger partial charge in [-0.1, -0.05) is 61.4 Å². The first kappa shape index (κ1) is 50.6. The Morgan fingerprint density at radius 3 is 2.43 bits per heavy atom. The summed E-state index contributed by atoms with van der Waals surface area (Å²) in [7, 11) is -10.6. The van der Waals surface area contributed by atoms with Crippen molar-refractivity contribution in [2.75, 3.05) is 68.3 Å². The number of thioether (sulfide) groups is 1.